The molecule has 94 valence electrons. The Labute approximate surface area is 109 Å². The van der Waals surface area contributed by atoms with Crippen LogP contribution in [0.1, 0.15) is 5.56 Å². The van der Waals surface area contributed by atoms with Gasteiger partial charge in [-0.2, -0.15) is 16.9 Å². The van der Waals surface area contributed by atoms with Crippen molar-refractivity contribution in [2.24, 2.45) is 5.10 Å². The van der Waals surface area contributed by atoms with Gasteiger partial charge in [0.15, 0.2) is 5.84 Å². The standard InChI is InChI=1S/C12H13N3O2S/c16-9-3-1-2-8(6-9)11-13-14-12(17)10-7-18-5-4-15(10)11/h1-3,6,10,16H,4-5,7H2,(H,14,17). The zero-order chi connectivity index (χ0) is 12.5. The molecule has 1 amide bonds. The van der Waals surface area contributed by atoms with Gasteiger partial charge >= 0.3 is 0 Å². The molecule has 1 saturated heterocycles. The average Bonchev–Trinajstić information content (AvgIpc) is 2.39. The number of fused-ring (bicyclic) bond motifs is 1. The van der Waals surface area contributed by atoms with Gasteiger partial charge in [0.1, 0.15) is 11.8 Å². The van der Waals surface area contributed by atoms with Crippen LogP contribution in [0.3, 0.4) is 0 Å². The van der Waals surface area contributed by atoms with E-state index in [-0.39, 0.29) is 17.7 Å². The number of hydrazone groups is 1. The third-order valence-corrected chi connectivity index (χ3v) is 4.10. The SMILES string of the molecule is O=C1NN=C(c2cccc(O)c2)N2CCSCC12. The Hall–Kier alpha value is -1.69. The van der Waals surface area contributed by atoms with Crippen molar-refractivity contribution in [1.82, 2.24) is 10.3 Å². The van der Waals surface area contributed by atoms with Gasteiger partial charge in [-0.05, 0) is 12.1 Å². The second-order valence-electron chi connectivity index (χ2n) is 4.25. The number of amides is 1. The summed E-state index contributed by atoms with van der Waals surface area (Å²) < 4.78 is 0. The molecule has 6 heteroatoms. The molecule has 1 fully saturated rings. The Bertz CT molecular complexity index is 518. The van der Waals surface area contributed by atoms with Crippen LogP contribution in [-0.4, -0.2) is 45.8 Å². The monoisotopic (exact) mass is 263 g/mol. The van der Waals surface area contributed by atoms with E-state index in [0.29, 0.717) is 0 Å². The van der Waals surface area contributed by atoms with E-state index in [2.05, 4.69) is 10.5 Å². The lowest BCUT2D eigenvalue weighted by molar-refractivity contribution is -0.125. The van der Waals surface area contributed by atoms with Gasteiger partial charge in [-0.15, -0.1) is 0 Å². The number of carbonyl (C=O) groups is 1. The summed E-state index contributed by atoms with van der Waals surface area (Å²) in [5, 5.41) is 13.7. The van der Waals surface area contributed by atoms with Crippen LogP contribution in [0.2, 0.25) is 0 Å². The molecule has 0 aromatic heterocycles. The average molecular weight is 263 g/mol. The third kappa shape index (κ3) is 1.92. The van der Waals surface area contributed by atoms with Crippen LogP contribution >= 0.6 is 11.8 Å². The van der Waals surface area contributed by atoms with Crippen molar-refractivity contribution >= 4 is 23.5 Å². The minimum atomic E-state index is -0.154. The summed E-state index contributed by atoms with van der Waals surface area (Å²) in [5.41, 5.74) is 3.39. The predicted octanol–water partition coefficient (Wildman–Crippen LogP) is 0.601. The van der Waals surface area contributed by atoms with Gasteiger partial charge in [-0.25, -0.2) is 5.43 Å². The van der Waals surface area contributed by atoms with E-state index in [0.717, 1.165) is 29.4 Å². The number of carbonyl (C=O) groups excluding carboxylic acids is 1. The number of phenols is 1. The van der Waals surface area contributed by atoms with Gasteiger partial charge in [0.2, 0.25) is 0 Å². The van der Waals surface area contributed by atoms with E-state index >= 15 is 0 Å². The third-order valence-electron chi connectivity index (χ3n) is 3.08. The molecular formula is C12H13N3O2S. The Morgan fingerprint density at radius 1 is 1.50 bits per heavy atom. The van der Waals surface area contributed by atoms with Crippen molar-refractivity contribution in [2.75, 3.05) is 18.1 Å². The highest BCUT2D eigenvalue weighted by Crippen LogP contribution is 2.23. The molecule has 3 rings (SSSR count). The first kappa shape index (κ1) is 11.4. The minimum Gasteiger partial charge on any atom is -0.508 e. The molecule has 2 N–H and O–H groups in total. The Morgan fingerprint density at radius 2 is 2.39 bits per heavy atom. The Balaban J connectivity index is 1.98. The fourth-order valence-electron chi connectivity index (χ4n) is 2.20. The normalized spacial score (nSPS) is 23.1. The largest absolute Gasteiger partial charge is 0.508 e. The molecule has 1 atom stereocenters. The molecule has 1 unspecified atom stereocenters. The van der Waals surface area contributed by atoms with E-state index in [1.165, 1.54) is 0 Å². The number of thioether (sulfide) groups is 1. The van der Waals surface area contributed by atoms with Crippen LogP contribution in [0.25, 0.3) is 0 Å². The Kier molecular flexibility index (Phi) is 2.87. The summed E-state index contributed by atoms with van der Waals surface area (Å²) in [7, 11) is 0. The highest BCUT2D eigenvalue weighted by atomic mass is 32.2. The first-order valence-corrected chi connectivity index (χ1v) is 6.92. The van der Waals surface area contributed by atoms with Crippen LogP contribution in [0.5, 0.6) is 5.75 Å². The summed E-state index contributed by atoms with van der Waals surface area (Å²) in [6, 6.07) is 6.79. The van der Waals surface area contributed by atoms with Crippen LogP contribution in [0.4, 0.5) is 0 Å². The van der Waals surface area contributed by atoms with E-state index in [1.54, 1.807) is 30.0 Å². The van der Waals surface area contributed by atoms with Crippen LogP contribution in [0, 0.1) is 0 Å². The zero-order valence-electron chi connectivity index (χ0n) is 9.67. The second-order valence-corrected chi connectivity index (χ2v) is 5.40. The van der Waals surface area contributed by atoms with Crippen molar-refractivity contribution in [2.45, 2.75) is 6.04 Å². The summed E-state index contributed by atoms with van der Waals surface area (Å²) in [6.07, 6.45) is 0. The molecule has 0 saturated carbocycles. The topological polar surface area (TPSA) is 64.9 Å². The van der Waals surface area contributed by atoms with Crippen LogP contribution in [-0.2, 0) is 4.79 Å². The lowest BCUT2D eigenvalue weighted by Gasteiger charge is -2.38. The number of hydrogen-bond acceptors (Lipinski definition) is 5. The Morgan fingerprint density at radius 3 is 3.22 bits per heavy atom. The number of benzene rings is 1. The molecule has 2 heterocycles. The molecule has 0 spiro atoms. The van der Waals surface area contributed by atoms with Crippen molar-refractivity contribution in [1.29, 1.82) is 0 Å². The molecule has 5 nitrogen and oxygen atoms in total. The van der Waals surface area contributed by atoms with Gasteiger partial charge in [-0.1, -0.05) is 12.1 Å². The molecular weight excluding hydrogens is 250 g/mol. The quantitative estimate of drug-likeness (QED) is 0.779. The number of aromatic hydroxyl groups is 1. The van der Waals surface area contributed by atoms with Gasteiger partial charge in [-0.3, -0.25) is 4.79 Å². The molecule has 0 bridgehead atoms. The van der Waals surface area contributed by atoms with Crippen molar-refractivity contribution in [3.63, 3.8) is 0 Å². The van der Waals surface area contributed by atoms with Crippen molar-refractivity contribution in [3.8, 4) is 5.75 Å². The van der Waals surface area contributed by atoms with Crippen LogP contribution < -0.4 is 5.43 Å². The van der Waals surface area contributed by atoms with E-state index in [1.807, 2.05) is 11.0 Å². The predicted molar refractivity (Wildman–Crippen MR) is 70.6 cm³/mol. The maximum absolute atomic E-state index is 11.7. The highest BCUT2D eigenvalue weighted by Gasteiger charge is 2.35. The maximum atomic E-state index is 11.7. The molecule has 0 aliphatic carbocycles. The van der Waals surface area contributed by atoms with Gasteiger partial charge in [0, 0.05) is 23.6 Å². The second kappa shape index (κ2) is 4.53. The van der Waals surface area contributed by atoms with E-state index < -0.39 is 0 Å². The molecule has 18 heavy (non-hydrogen) atoms. The van der Waals surface area contributed by atoms with E-state index in [9.17, 15) is 9.90 Å². The maximum Gasteiger partial charge on any atom is 0.263 e. The fourth-order valence-corrected chi connectivity index (χ4v) is 3.24. The zero-order valence-corrected chi connectivity index (χ0v) is 10.5. The van der Waals surface area contributed by atoms with Gasteiger partial charge in [0.25, 0.3) is 5.91 Å². The van der Waals surface area contributed by atoms with Gasteiger partial charge < -0.3 is 10.0 Å². The lowest BCUT2D eigenvalue weighted by Crippen LogP contribution is -2.57. The summed E-state index contributed by atoms with van der Waals surface area (Å²) >= 11 is 1.78. The van der Waals surface area contributed by atoms with Crippen molar-refractivity contribution in [3.05, 3.63) is 29.8 Å². The first-order valence-electron chi connectivity index (χ1n) is 5.77. The van der Waals surface area contributed by atoms with E-state index in [4.69, 9.17) is 0 Å². The fraction of sp³-hybridized carbons (Fsp3) is 0.333. The number of hydrogen-bond donors (Lipinski definition) is 2. The molecule has 1 aromatic rings. The lowest BCUT2D eigenvalue weighted by atomic mass is 10.1. The molecule has 0 radical (unpaired) electrons. The summed E-state index contributed by atoms with van der Waals surface area (Å²) in [5.74, 6) is 2.66. The molecule has 2 aliphatic heterocycles. The molecule has 1 aromatic carbocycles. The number of nitrogens with zero attached hydrogens (tertiary/aromatic N) is 2. The molecule has 2 aliphatic rings. The van der Waals surface area contributed by atoms with Crippen LogP contribution in [0.15, 0.2) is 29.4 Å². The summed E-state index contributed by atoms with van der Waals surface area (Å²) in [4.78, 5) is 13.8. The minimum absolute atomic E-state index is 0.0499. The summed E-state index contributed by atoms with van der Waals surface area (Å²) in [6.45, 7) is 0.803. The number of rotatable bonds is 1. The first-order chi connectivity index (χ1) is 8.75. The number of phenolic OH excluding ortho intramolecular Hbond substituents is 1. The van der Waals surface area contributed by atoms with Crippen molar-refractivity contribution < 1.29 is 9.90 Å². The highest BCUT2D eigenvalue weighted by molar-refractivity contribution is 7.99. The van der Waals surface area contributed by atoms with Gasteiger partial charge in [0.05, 0.1) is 0 Å². The smallest absolute Gasteiger partial charge is 0.263 e. The number of nitrogens with one attached hydrogen (secondary N) is 1. The number of amidine groups is 1.